The second-order valence-electron chi connectivity index (χ2n) is 8.00. The fourth-order valence-corrected chi connectivity index (χ4v) is 4.48. The molecule has 0 radical (unpaired) electrons. The number of piperidine rings is 1. The van der Waals surface area contributed by atoms with Crippen LogP contribution in [0.3, 0.4) is 0 Å². The van der Waals surface area contributed by atoms with Crippen molar-refractivity contribution in [3.63, 3.8) is 0 Å². The Morgan fingerprint density at radius 1 is 1.39 bits per heavy atom. The smallest absolute Gasteiger partial charge is 0.220 e. The third kappa shape index (κ3) is 4.22. The van der Waals surface area contributed by atoms with E-state index in [1.807, 2.05) is 19.3 Å². The van der Waals surface area contributed by atoms with Crippen molar-refractivity contribution in [1.29, 1.82) is 0 Å². The van der Waals surface area contributed by atoms with Gasteiger partial charge in [0, 0.05) is 64.3 Å². The quantitative estimate of drug-likeness (QED) is 0.585. The van der Waals surface area contributed by atoms with Gasteiger partial charge in [0.05, 0.1) is 13.2 Å². The molecule has 1 unspecified atom stereocenters. The molecule has 1 atom stereocenters. The molecule has 152 valence electrons. The van der Waals surface area contributed by atoms with Crippen LogP contribution in [0.15, 0.2) is 23.3 Å². The summed E-state index contributed by atoms with van der Waals surface area (Å²) in [4.78, 5) is 25.3. The molecule has 1 amide bonds. The van der Waals surface area contributed by atoms with Crippen LogP contribution in [0.4, 0.5) is 5.82 Å². The number of ether oxygens (including phenoxy) is 1. The molecule has 4 heterocycles. The van der Waals surface area contributed by atoms with Crippen molar-refractivity contribution in [2.75, 3.05) is 57.9 Å². The maximum atomic E-state index is 11.7. The van der Waals surface area contributed by atoms with Gasteiger partial charge in [0.15, 0.2) is 5.96 Å². The normalized spacial score (nSPS) is 25.9. The Bertz CT molecular complexity index is 733. The molecule has 2 N–H and O–H groups in total. The van der Waals surface area contributed by atoms with Crippen molar-refractivity contribution >= 4 is 17.7 Å². The summed E-state index contributed by atoms with van der Waals surface area (Å²) in [6.07, 6.45) is 4.70. The van der Waals surface area contributed by atoms with E-state index in [0.717, 1.165) is 70.6 Å². The van der Waals surface area contributed by atoms with E-state index in [-0.39, 0.29) is 11.3 Å². The van der Waals surface area contributed by atoms with Gasteiger partial charge < -0.3 is 25.2 Å². The number of carbonyl (C=O) groups excluding carboxylic acids is 1. The lowest BCUT2D eigenvalue weighted by atomic mass is 9.79. The molecule has 1 aromatic heterocycles. The number of carbonyl (C=O) groups is 1. The summed E-state index contributed by atoms with van der Waals surface area (Å²) in [6, 6.07) is 4.18. The Labute approximate surface area is 166 Å². The van der Waals surface area contributed by atoms with Gasteiger partial charge in [-0.2, -0.15) is 0 Å². The number of hydrogen-bond acceptors (Lipinski definition) is 5. The van der Waals surface area contributed by atoms with Crippen LogP contribution in [0.1, 0.15) is 24.8 Å². The first-order valence-corrected chi connectivity index (χ1v) is 10.2. The van der Waals surface area contributed by atoms with Crippen LogP contribution in [0, 0.1) is 5.41 Å². The zero-order valence-electron chi connectivity index (χ0n) is 16.6. The van der Waals surface area contributed by atoms with Crippen LogP contribution in [0.25, 0.3) is 0 Å². The fraction of sp³-hybridized carbons (Fsp3) is 0.650. The molecule has 4 rings (SSSR count). The van der Waals surface area contributed by atoms with E-state index in [1.54, 1.807) is 0 Å². The highest BCUT2D eigenvalue weighted by Crippen LogP contribution is 2.36. The van der Waals surface area contributed by atoms with Crippen LogP contribution < -0.4 is 15.5 Å². The molecule has 8 nitrogen and oxygen atoms in total. The van der Waals surface area contributed by atoms with Crippen LogP contribution in [-0.2, 0) is 16.1 Å². The van der Waals surface area contributed by atoms with Crippen molar-refractivity contribution in [1.82, 2.24) is 20.5 Å². The van der Waals surface area contributed by atoms with Crippen molar-refractivity contribution in [3.8, 4) is 0 Å². The number of nitrogens with one attached hydrogen (secondary N) is 2. The predicted molar refractivity (Wildman–Crippen MR) is 108 cm³/mol. The number of aliphatic imine (C=N–C) groups is 1. The largest absolute Gasteiger partial charge is 0.378 e. The molecule has 0 bridgehead atoms. The summed E-state index contributed by atoms with van der Waals surface area (Å²) in [5, 5.41) is 6.51. The Kier molecular flexibility index (Phi) is 5.66. The van der Waals surface area contributed by atoms with Crippen LogP contribution in [0.2, 0.25) is 0 Å². The molecule has 0 saturated carbocycles. The number of likely N-dealkylation sites (tertiary alicyclic amines) is 1. The number of pyridine rings is 1. The lowest BCUT2D eigenvalue weighted by molar-refractivity contribution is -0.119. The maximum absolute atomic E-state index is 11.7. The monoisotopic (exact) mass is 386 g/mol. The summed E-state index contributed by atoms with van der Waals surface area (Å²) < 4.78 is 5.43. The average molecular weight is 387 g/mol. The van der Waals surface area contributed by atoms with Crippen LogP contribution in [0.5, 0.6) is 0 Å². The summed E-state index contributed by atoms with van der Waals surface area (Å²) in [5.74, 6) is 2.09. The van der Waals surface area contributed by atoms with Gasteiger partial charge in [0.25, 0.3) is 0 Å². The van der Waals surface area contributed by atoms with Crippen molar-refractivity contribution in [2.24, 2.45) is 10.4 Å². The second-order valence-corrected chi connectivity index (χ2v) is 8.00. The Morgan fingerprint density at radius 3 is 3.00 bits per heavy atom. The fourth-order valence-electron chi connectivity index (χ4n) is 4.48. The van der Waals surface area contributed by atoms with E-state index in [4.69, 9.17) is 4.74 Å². The molecule has 1 spiro atoms. The molecular formula is C20H30N6O2. The summed E-state index contributed by atoms with van der Waals surface area (Å²) in [5.41, 5.74) is 1.25. The minimum Gasteiger partial charge on any atom is -0.378 e. The summed E-state index contributed by atoms with van der Waals surface area (Å²) in [6.45, 7) is 6.61. The van der Waals surface area contributed by atoms with Gasteiger partial charge in [-0.1, -0.05) is 0 Å². The predicted octanol–water partition coefficient (Wildman–Crippen LogP) is 0.596. The van der Waals surface area contributed by atoms with Gasteiger partial charge in [-0.3, -0.25) is 9.79 Å². The van der Waals surface area contributed by atoms with Gasteiger partial charge in [0.2, 0.25) is 5.91 Å². The van der Waals surface area contributed by atoms with E-state index >= 15 is 0 Å². The second kappa shape index (κ2) is 8.34. The first-order valence-electron chi connectivity index (χ1n) is 10.2. The Morgan fingerprint density at radius 2 is 2.25 bits per heavy atom. The number of amides is 1. The number of nitrogens with zero attached hydrogens (tertiary/aromatic N) is 4. The zero-order valence-corrected chi connectivity index (χ0v) is 16.6. The first-order chi connectivity index (χ1) is 13.7. The number of rotatable bonds is 3. The Balaban J connectivity index is 1.37. The average Bonchev–Trinajstić information content (AvgIpc) is 3.09. The van der Waals surface area contributed by atoms with Crippen LogP contribution >= 0.6 is 0 Å². The van der Waals surface area contributed by atoms with Crippen molar-refractivity contribution in [3.05, 3.63) is 23.9 Å². The molecule has 28 heavy (non-hydrogen) atoms. The van der Waals surface area contributed by atoms with Gasteiger partial charge in [-0.05, 0) is 30.5 Å². The molecule has 3 fully saturated rings. The number of guanidine groups is 1. The van der Waals surface area contributed by atoms with E-state index < -0.39 is 0 Å². The SMILES string of the molecule is CN=C(NCc1ccnc(N2CCOCC2)c1)N1CCCC2(CNC(=O)C2)C1. The third-order valence-electron chi connectivity index (χ3n) is 5.96. The van der Waals surface area contributed by atoms with E-state index in [9.17, 15) is 4.79 Å². The van der Waals surface area contributed by atoms with Crippen molar-refractivity contribution < 1.29 is 9.53 Å². The minimum absolute atomic E-state index is 0.0626. The molecule has 3 aliphatic rings. The molecule has 0 aliphatic carbocycles. The van der Waals surface area contributed by atoms with Gasteiger partial charge in [0.1, 0.15) is 5.82 Å². The van der Waals surface area contributed by atoms with Crippen molar-refractivity contribution in [2.45, 2.75) is 25.8 Å². The maximum Gasteiger partial charge on any atom is 0.220 e. The number of morpholine rings is 1. The summed E-state index contributed by atoms with van der Waals surface area (Å²) in [7, 11) is 1.83. The van der Waals surface area contributed by atoms with Gasteiger partial charge >= 0.3 is 0 Å². The third-order valence-corrected chi connectivity index (χ3v) is 5.96. The van der Waals surface area contributed by atoms with Crippen LogP contribution in [-0.4, -0.2) is 74.7 Å². The zero-order chi connectivity index (χ0) is 19.4. The standard InChI is InChI=1S/C20H30N6O2/c1-21-19(26-6-2-4-20(15-26)12-18(27)24-14-20)23-13-16-3-5-22-17(11-16)25-7-9-28-10-8-25/h3,5,11H,2,4,6-10,12-15H2,1H3,(H,21,23)(H,24,27). The highest BCUT2D eigenvalue weighted by atomic mass is 16.5. The summed E-state index contributed by atoms with van der Waals surface area (Å²) >= 11 is 0. The highest BCUT2D eigenvalue weighted by molar-refractivity contribution is 5.81. The number of aromatic nitrogens is 1. The first kappa shape index (κ1) is 19.0. The lowest BCUT2D eigenvalue weighted by Gasteiger charge is -2.40. The molecule has 1 aromatic rings. The van der Waals surface area contributed by atoms with E-state index in [2.05, 4.69) is 36.5 Å². The van der Waals surface area contributed by atoms with Gasteiger partial charge in [-0.15, -0.1) is 0 Å². The molecular weight excluding hydrogens is 356 g/mol. The van der Waals surface area contributed by atoms with Gasteiger partial charge in [-0.25, -0.2) is 4.98 Å². The molecule has 3 aliphatic heterocycles. The molecule has 8 heteroatoms. The Hall–Kier alpha value is -2.35. The molecule has 3 saturated heterocycles. The molecule has 0 aromatic carbocycles. The highest BCUT2D eigenvalue weighted by Gasteiger charge is 2.42. The minimum atomic E-state index is 0.0626. The number of hydrogen-bond donors (Lipinski definition) is 2. The number of anilines is 1. The van der Waals surface area contributed by atoms with E-state index in [0.29, 0.717) is 13.0 Å². The topological polar surface area (TPSA) is 82.1 Å². The lowest BCUT2D eigenvalue weighted by Crippen LogP contribution is -2.51. The van der Waals surface area contributed by atoms with E-state index in [1.165, 1.54) is 5.56 Å².